The van der Waals surface area contributed by atoms with Crippen molar-refractivity contribution in [1.29, 1.82) is 0 Å². The maximum atomic E-state index is 15.1. The van der Waals surface area contributed by atoms with Gasteiger partial charge in [-0.3, -0.25) is 15.1 Å². The zero-order chi connectivity index (χ0) is 18.7. The summed E-state index contributed by atoms with van der Waals surface area (Å²) in [5.74, 6) is -1.21. The number of nitrogens with zero attached hydrogens (tertiary/aromatic N) is 2. The fourth-order valence-electron chi connectivity index (χ4n) is 2.56. The van der Waals surface area contributed by atoms with Crippen molar-refractivity contribution >= 4 is 28.9 Å². The van der Waals surface area contributed by atoms with E-state index in [1.165, 1.54) is 19.3 Å². The van der Waals surface area contributed by atoms with Gasteiger partial charge in [0.1, 0.15) is 16.9 Å². The lowest BCUT2D eigenvalue weighted by molar-refractivity contribution is 0.0961. The summed E-state index contributed by atoms with van der Waals surface area (Å²) in [5, 5.41) is 7.49. The van der Waals surface area contributed by atoms with Crippen molar-refractivity contribution in [2.45, 2.75) is 6.92 Å². The van der Waals surface area contributed by atoms with E-state index in [0.717, 1.165) is 0 Å². The Kier molecular flexibility index (Phi) is 4.78. The molecular weight excluding hydrogens is 339 g/mol. The first kappa shape index (κ1) is 17.3. The highest BCUT2D eigenvalue weighted by Gasteiger charge is 2.23. The second-order valence-corrected chi connectivity index (χ2v) is 5.40. The maximum absolute atomic E-state index is 15.1. The van der Waals surface area contributed by atoms with Gasteiger partial charge in [0, 0.05) is 37.1 Å². The number of aromatic nitrogens is 3. The van der Waals surface area contributed by atoms with E-state index in [1.54, 1.807) is 25.3 Å². The summed E-state index contributed by atoms with van der Waals surface area (Å²) in [5.41, 5.74) is 1.06. The van der Waals surface area contributed by atoms with Crippen molar-refractivity contribution < 1.29 is 14.0 Å². The Hall–Kier alpha value is -3.49. The molecule has 2 aromatic heterocycles. The lowest BCUT2D eigenvalue weighted by Crippen LogP contribution is -2.28. The molecule has 0 aliphatic heterocycles. The van der Waals surface area contributed by atoms with Crippen molar-refractivity contribution in [3.05, 3.63) is 42.0 Å². The Morgan fingerprint density at radius 1 is 1.35 bits per heavy atom. The smallest absolute Gasteiger partial charge is 0.321 e. The third-order valence-electron chi connectivity index (χ3n) is 3.71. The van der Waals surface area contributed by atoms with Gasteiger partial charge in [-0.1, -0.05) is 6.07 Å². The molecule has 4 N–H and O–H groups in total. The highest BCUT2D eigenvalue weighted by atomic mass is 19.1. The minimum Gasteiger partial charge on any atom is -0.355 e. The summed E-state index contributed by atoms with van der Waals surface area (Å²) in [6.45, 7) is 2.22. The number of H-pyrrole nitrogens is 1. The zero-order valence-electron chi connectivity index (χ0n) is 14.2. The average molecular weight is 356 g/mol. The molecule has 3 rings (SSSR count). The third kappa shape index (κ3) is 3.18. The highest BCUT2D eigenvalue weighted by Crippen LogP contribution is 2.31. The van der Waals surface area contributed by atoms with Crippen LogP contribution in [0.1, 0.15) is 17.3 Å². The zero-order valence-corrected chi connectivity index (χ0v) is 14.2. The molecule has 0 radical (unpaired) electrons. The van der Waals surface area contributed by atoms with Crippen LogP contribution in [-0.2, 0) is 0 Å². The number of anilines is 1. The van der Waals surface area contributed by atoms with Crippen LogP contribution in [0.2, 0.25) is 0 Å². The van der Waals surface area contributed by atoms with Crippen molar-refractivity contribution in [1.82, 2.24) is 25.6 Å². The van der Waals surface area contributed by atoms with Crippen LogP contribution in [0, 0.1) is 5.82 Å². The van der Waals surface area contributed by atoms with Crippen LogP contribution < -0.4 is 16.0 Å². The van der Waals surface area contributed by atoms with E-state index >= 15 is 4.39 Å². The van der Waals surface area contributed by atoms with Gasteiger partial charge in [0.25, 0.3) is 5.91 Å². The number of hydrogen-bond donors (Lipinski definition) is 4. The van der Waals surface area contributed by atoms with Gasteiger partial charge in [-0.05, 0) is 19.1 Å². The van der Waals surface area contributed by atoms with Gasteiger partial charge < -0.3 is 15.6 Å². The van der Waals surface area contributed by atoms with Gasteiger partial charge in [0.2, 0.25) is 5.95 Å². The molecular formula is C17H17FN6O2. The van der Waals surface area contributed by atoms with E-state index in [0.29, 0.717) is 17.6 Å². The van der Waals surface area contributed by atoms with E-state index in [1.807, 2.05) is 0 Å². The Labute approximate surface area is 148 Å². The standard InChI is InChI=1S/C17H17FN6O2/c1-3-21-17(26)24-16-22-11-7-10(9-5-4-6-20-8-9)13(18)12(14(11)23-16)15(25)19-2/h4-8H,3H2,1-2H3,(H,19,25)(H3,21,22,23,24,26). The molecule has 26 heavy (non-hydrogen) atoms. The maximum Gasteiger partial charge on any atom is 0.321 e. The molecule has 0 fully saturated rings. The molecule has 3 amide bonds. The van der Waals surface area contributed by atoms with Gasteiger partial charge >= 0.3 is 6.03 Å². The van der Waals surface area contributed by atoms with Crippen LogP contribution in [0.15, 0.2) is 30.6 Å². The molecule has 134 valence electrons. The van der Waals surface area contributed by atoms with Gasteiger partial charge in [-0.15, -0.1) is 0 Å². The van der Waals surface area contributed by atoms with Crippen LogP contribution in [0.4, 0.5) is 15.1 Å². The minimum atomic E-state index is -0.707. The van der Waals surface area contributed by atoms with Gasteiger partial charge in [0.05, 0.1) is 5.52 Å². The summed E-state index contributed by atoms with van der Waals surface area (Å²) in [7, 11) is 1.41. The molecule has 0 saturated carbocycles. The normalized spacial score (nSPS) is 10.6. The van der Waals surface area contributed by atoms with Gasteiger partial charge in [0.15, 0.2) is 0 Å². The first-order valence-electron chi connectivity index (χ1n) is 7.94. The molecule has 1 aromatic carbocycles. The van der Waals surface area contributed by atoms with Crippen LogP contribution in [0.5, 0.6) is 0 Å². The van der Waals surface area contributed by atoms with Crippen molar-refractivity contribution in [3.8, 4) is 11.1 Å². The number of amides is 3. The molecule has 9 heteroatoms. The fourth-order valence-corrected chi connectivity index (χ4v) is 2.56. The van der Waals surface area contributed by atoms with E-state index < -0.39 is 17.8 Å². The Morgan fingerprint density at radius 2 is 2.15 bits per heavy atom. The molecule has 0 bridgehead atoms. The number of carbonyl (C=O) groups excluding carboxylic acids is 2. The number of benzene rings is 1. The van der Waals surface area contributed by atoms with E-state index in [4.69, 9.17) is 0 Å². The number of fused-ring (bicyclic) bond motifs is 1. The first-order valence-corrected chi connectivity index (χ1v) is 7.94. The third-order valence-corrected chi connectivity index (χ3v) is 3.71. The molecule has 0 aliphatic carbocycles. The van der Waals surface area contributed by atoms with Crippen molar-refractivity contribution in [3.63, 3.8) is 0 Å². The summed E-state index contributed by atoms with van der Waals surface area (Å²) < 4.78 is 15.1. The minimum absolute atomic E-state index is 0.110. The Morgan fingerprint density at radius 3 is 2.81 bits per heavy atom. The number of urea groups is 1. The quantitative estimate of drug-likeness (QED) is 0.574. The predicted molar refractivity (Wildman–Crippen MR) is 95.4 cm³/mol. The molecule has 2 heterocycles. The largest absolute Gasteiger partial charge is 0.355 e. The Bertz CT molecular complexity index is 970. The monoisotopic (exact) mass is 356 g/mol. The molecule has 0 aliphatic rings. The van der Waals surface area contributed by atoms with Crippen LogP contribution in [-0.4, -0.2) is 40.5 Å². The van der Waals surface area contributed by atoms with E-state index in [9.17, 15) is 9.59 Å². The number of rotatable bonds is 4. The molecule has 0 atom stereocenters. The van der Waals surface area contributed by atoms with Crippen LogP contribution >= 0.6 is 0 Å². The second kappa shape index (κ2) is 7.18. The van der Waals surface area contributed by atoms with E-state index in [2.05, 4.69) is 30.9 Å². The second-order valence-electron chi connectivity index (χ2n) is 5.40. The number of aromatic amines is 1. The number of halogens is 1. The fraction of sp³-hybridized carbons (Fsp3) is 0.176. The summed E-state index contributed by atoms with van der Waals surface area (Å²) in [6.07, 6.45) is 3.08. The Balaban J connectivity index is 2.18. The number of hydrogen-bond acceptors (Lipinski definition) is 4. The summed E-state index contributed by atoms with van der Waals surface area (Å²) >= 11 is 0. The lowest BCUT2D eigenvalue weighted by atomic mass is 10.0. The van der Waals surface area contributed by atoms with E-state index in [-0.39, 0.29) is 22.6 Å². The average Bonchev–Trinajstić information content (AvgIpc) is 3.03. The number of nitrogens with one attached hydrogen (secondary N) is 4. The topological polar surface area (TPSA) is 112 Å². The summed E-state index contributed by atoms with van der Waals surface area (Å²) in [4.78, 5) is 35.0. The van der Waals surface area contributed by atoms with Crippen LogP contribution in [0.25, 0.3) is 22.2 Å². The SMILES string of the molecule is CCNC(=O)Nc1nc2c(C(=O)NC)c(F)c(-c3cccnc3)cc2[nH]1. The number of imidazole rings is 1. The molecule has 0 saturated heterocycles. The molecule has 0 unspecified atom stereocenters. The van der Waals surface area contributed by atoms with Crippen molar-refractivity contribution in [2.24, 2.45) is 0 Å². The van der Waals surface area contributed by atoms with Gasteiger partial charge in [-0.25, -0.2) is 14.2 Å². The van der Waals surface area contributed by atoms with Crippen molar-refractivity contribution in [2.75, 3.05) is 18.9 Å². The number of carbonyl (C=O) groups is 2. The van der Waals surface area contributed by atoms with Crippen LogP contribution in [0.3, 0.4) is 0 Å². The first-order chi connectivity index (χ1) is 12.5. The van der Waals surface area contributed by atoms with Gasteiger partial charge in [-0.2, -0.15) is 0 Å². The predicted octanol–water partition coefficient (Wildman–Crippen LogP) is 2.26. The summed E-state index contributed by atoms with van der Waals surface area (Å²) in [6, 6.07) is 4.44. The number of pyridine rings is 1. The molecule has 3 aromatic rings. The molecule has 0 spiro atoms. The lowest BCUT2D eigenvalue weighted by Gasteiger charge is -2.08. The molecule has 8 nitrogen and oxygen atoms in total. The highest BCUT2D eigenvalue weighted by molar-refractivity contribution is 6.07.